The van der Waals surface area contributed by atoms with Gasteiger partial charge in [-0.15, -0.1) is 0 Å². The van der Waals surface area contributed by atoms with Crippen molar-refractivity contribution in [1.29, 1.82) is 5.26 Å². The van der Waals surface area contributed by atoms with Crippen LogP contribution in [0.1, 0.15) is 5.56 Å². The second-order valence-corrected chi connectivity index (χ2v) is 14.9. The van der Waals surface area contributed by atoms with E-state index in [1.807, 2.05) is 121 Å². The fourth-order valence-electron chi connectivity index (χ4n) is 7.15. The molecule has 0 saturated heterocycles. The van der Waals surface area contributed by atoms with E-state index in [-0.39, 0.29) is 0 Å². The number of fused-ring (bicyclic) bond motifs is 6. The third kappa shape index (κ3) is 4.39. The minimum Gasteiger partial charge on any atom is -0.309 e. The van der Waals surface area contributed by atoms with E-state index in [0.29, 0.717) is 21.9 Å². The van der Waals surface area contributed by atoms with Crippen molar-refractivity contribution >= 4 is 72.4 Å². The van der Waals surface area contributed by atoms with Gasteiger partial charge in [0.1, 0.15) is 0 Å². The molecule has 4 heterocycles. The van der Waals surface area contributed by atoms with Crippen LogP contribution in [-0.4, -0.2) is 19.1 Å². The molecule has 0 radical (unpaired) electrons. The number of nitrogens with zero attached hydrogens (tertiary/aromatic N) is 6. The van der Waals surface area contributed by atoms with Crippen molar-refractivity contribution in [3.63, 3.8) is 0 Å². The molecule has 8 heteroatoms. The van der Waals surface area contributed by atoms with Crippen molar-refractivity contribution in [3.8, 4) is 17.4 Å². The van der Waals surface area contributed by atoms with Crippen LogP contribution < -0.4 is 15.9 Å². The molecule has 234 valence electrons. The van der Waals surface area contributed by atoms with E-state index in [0.717, 1.165) is 60.3 Å². The van der Waals surface area contributed by atoms with Gasteiger partial charge in [-0.05, 0) is 78.9 Å². The second kappa shape index (κ2) is 11.4. The Kier molecular flexibility index (Phi) is 6.71. The van der Waals surface area contributed by atoms with Gasteiger partial charge in [0.2, 0.25) is 0 Å². The molecule has 0 amide bonds. The highest BCUT2D eigenvalue weighted by molar-refractivity contribution is 7.85. The minimum absolute atomic E-state index is 0.543. The smallest absolute Gasteiger partial charge is 0.189 e. The number of rotatable bonds is 5. The van der Waals surface area contributed by atoms with E-state index in [4.69, 9.17) is 6.57 Å². The first-order valence-corrected chi connectivity index (χ1v) is 17.7. The third-order valence-electron chi connectivity index (χ3n) is 9.40. The summed E-state index contributed by atoms with van der Waals surface area (Å²) >= 11 is 0. The lowest BCUT2D eigenvalue weighted by molar-refractivity contribution is 0.592. The zero-order valence-corrected chi connectivity index (χ0v) is 27.4. The Hall–Kier alpha value is -6.79. The van der Waals surface area contributed by atoms with Crippen molar-refractivity contribution in [2.75, 3.05) is 0 Å². The SMILES string of the molecule is [C-]#[N+]c1ccc2c3cc(P(=O)(c4ccccc4)c4ccc5c(c4)c4ccc(C#N)cc4n5-c4cccnc4)ccc3n(-c3cccnc3)c2c1. The minimum atomic E-state index is -3.44. The summed E-state index contributed by atoms with van der Waals surface area (Å²) < 4.78 is 20.2. The second-order valence-electron chi connectivity index (χ2n) is 12.1. The molecule has 0 aliphatic heterocycles. The molecular weight excluding hydrogens is 635 g/mol. The summed E-state index contributed by atoms with van der Waals surface area (Å²) in [6, 6.07) is 43.2. The van der Waals surface area contributed by atoms with E-state index >= 15 is 4.57 Å². The molecule has 0 bridgehead atoms. The van der Waals surface area contributed by atoms with Gasteiger partial charge in [0.15, 0.2) is 12.8 Å². The van der Waals surface area contributed by atoms with Gasteiger partial charge in [-0.25, -0.2) is 4.85 Å². The van der Waals surface area contributed by atoms with Gasteiger partial charge >= 0.3 is 0 Å². The highest BCUT2D eigenvalue weighted by Crippen LogP contribution is 2.46. The molecule has 1 unspecified atom stereocenters. The molecule has 9 aromatic rings. The lowest BCUT2D eigenvalue weighted by Crippen LogP contribution is -2.25. The van der Waals surface area contributed by atoms with Crippen LogP contribution in [0.15, 0.2) is 152 Å². The van der Waals surface area contributed by atoms with E-state index < -0.39 is 7.14 Å². The average molecular weight is 661 g/mol. The largest absolute Gasteiger partial charge is 0.309 e. The normalized spacial score (nSPS) is 12.6. The Morgan fingerprint density at radius 2 is 1.16 bits per heavy atom. The maximum atomic E-state index is 16.0. The van der Waals surface area contributed by atoms with Crippen LogP contribution in [0.25, 0.3) is 59.8 Å². The van der Waals surface area contributed by atoms with Crippen LogP contribution in [0, 0.1) is 17.9 Å². The van der Waals surface area contributed by atoms with Crippen LogP contribution in [0.4, 0.5) is 5.69 Å². The van der Waals surface area contributed by atoms with Crippen molar-refractivity contribution < 1.29 is 4.57 Å². The molecule has 50 heavy (non-hydrogen) atoms. The Morgan fingerprint density at radius 3 is 1.70 bits per heavy atom. The number of hydrogen-bond donors (Lipinski definition) is 0. The zero-order chi connectivity index (χ0) is 33.8. The number of nitriles is 1. The van der Waals surface area contributed by atoms with Gasteiger partial charge in [-0.3, -0.25) is 9.97 Å². The molecule has 7 nitrogen and oxygen atoms in total. The molecule has 0 aliphatic rings. The van der Waals surface area contributed by atoms with Crippen molar-refractivity contribution in [2.24, 2.45) is 0 Å². The van der Waals surface area contributed by atoms with E-state index in [1.54, 1.807) is 18.6 Å². The molecule has 0 spiro atoms. The summed E-state index contributed by atoms with van der Waals surface area (Å²) in [5.74, 6) is 0. The zero-order valence-electron chi connectivity index (χ0n) is 26.5. The van der Waals surface area contributed by atoms with Crippen molar-refractivity contribution in [3.05, 3.63) is 169 Å². The predicted molar refractivity (Wildman–Crippen MR) is 201 cm³/mol. The molecule has 9 rings (SSSR count). The highest BCUT2D eigenvalue weighted by atomic mass is 31.2. The number of pyridine rings is 2. The van der Waals surface area contributed by atoms with Crippen LogP contribution in [0.2, 0.25) is 0 Å². The van der Waals surface area contributed by atoms with Gasteiger partial charge in [-0.1, -0.05) is 48.5 Å². The monoisotopic (exact) mass is 660 g/mol. The summed E-state index contributed by atoms with van der Waals surface area (Å²) in [6.45, 7) is 7.66. The predicted octanol–water partition coefficient (Wildman–Crippen LogP) is 8.73. The van der Waals surface area contributed by atoms with E-state index in [9.17, 15) is 5.26 Å². The average Bonchev–Trinajstić information content (AvgIpc) is 3.69. The topological polar surface area (TPSA) is 80.9 Å². The number of benzene rings is 5. The summed E-state index contributed by atoms with van der Waals surface area (Å²) in [6.07, 6.45) is 7.09. The lowest BCUT2D eigenvalue weighted by atomic mass is 10.1. The number of hydrogen-bond acceptors (Lipinski definition) is 4. The van der Waals surface area contributed by atoms with Crippen LogP contribution in [-0.2, 0) is 4.57 Å². The Morgan fingerprint density at radius 1 is 0.580 bits per heavy atom. The fourth-order valence-corrected chi connectivity index (χ4v) is 9.83. The molecule has 5 aromatic carbocycles. The molecule has 4 aromatic heterocycles. The summed E-state index contributed by atoms with van der Waals surface area (Å²) in [7, 11) is -3.44. The van der Waals surface area contributed by atoms with Gasteiger partial charge in [-0.2, -0.15) is 5.26 Å². The van der Waals surface area contributed by atoms with E-state index in [2.05, 4.69) is 42.1 Å². The molecule has 0 N–H and O–H groups in total. The summed E-state index contributed by atoms with van der Waals surface area (Å²) in [4.78, 5) is 12.4. The maximum Gasteiger partial charge on any atom is 0.189 e. The Labute approximate surface area is 287 Å². The van der Waals surface area contributed by atoms with Crippen LogP contribution in [0.5, 0.6) is 0 Å². The van der Waals surface area contributed by atoms with Gasteiger partial charge in [0, 0.05) is 55.4 Å². The highest BCUT2D eigenvalue weighted by Gasteiger charge is 2.31. The van der Waals surface area contributed by atoms with Crippen molar-refractivity contribution in [1.82, 2.24) is 19.1 Å². The van der Waals surface area contributed by atoms with Gasteiger partial charge in [0.25, 0.3) is 0 Å². The molecular formula is C42H25N6OP. The summed E-state index contributed by atoms with van der Waals surface area (Å²) in [5.41, 5.74) is 6.47. The fraction of sp³-hybridized carbons (Fsp3) is 0. The standard InChI is InChI=1S/C42H25N6OP/c1-44-29-12-16-36-38-24-34(14-18-40(38)48(42(36)22-29)31-8-6-20-46-27-31)50(49,32-9-3-2-4-10-32)33-13-17-39-37(23-33)35-15-11-28(25-43)21-41(35)47(39)30-7-5-19-45-26-30/h2-24,26-27H. The van der Waals surface area contributed by atoms with Crippen molar-refractivity contribution in [2.45, 2.75) is 0 Å². The number of aromatic nitrogens is 4. The Bertz CT molecular complexity index is 2740. The quantitative estimate of drug-likeness (QED) is 0.137. The molecule has 0 aliphatic carbocycles. The maximum absolute atomic E-state index is 16.0. The van der Waals surface area contributed by atoms with Crippen LogP contribution in [0.3, 0.4) is 0 Å². The first-order chi connectivity index (χ1) is 24.6. The summed E-state index contributed by atoms with van der Waals surface area (Å²) in [5, 5.41) is 15.7. The molecule has 0 fully saturated rings. The molecule has 1 atom stereocenters. The van der Waals surface area contributed by atoms with Crippen LogP contribution >= 0.6 is 7.14 Å². The van der Waals surface area contributed by atoms with E-state index in [1.165, 1.54) is 0 Å². The first-order valence-electron chi connectivity index (χ1n) is 16.0. The Balaban J connectivity index is 1.33. The lowest BCUT2D eigenvalue weighted by Gasteiger charge is -2.21. The van der Waals surface area contributed by atoms with Gasteiger partial charge in [0.05, 0.1) is 58.5 Å². The molecule has 0 saturated carbocycles. The third-order valence-corrected chi connectivity index (χ3v) is 12.4. The first kappa shape index (κ1) is 29.4. The van der Waals surface area contributed by atoms with Gasteiger partial charge < -0.3 is 13.7 Å².